The van der Waals surface area contributed by atoms with E-state index >= 15 is 0 Å². The van der Waals surface area contributed by atoms with Crippen molar-refractivity contribution in [2.24, 2.45) is 5.11 Å². The summed E-state index contributed by atoms with van der Waals surface area (Å²) < 4.78 is 25.6. The Morgan fingerprint density at radius 3 is 2.93 bits per heavy atom. The molecule has 5 heteroatoms. The molecule has 0 unspecified atom stereocenters. The molecule has 0 saturated carbocycles. The van der Waals surface area contributed by atoms with E-state index in [2.05, 4.69) is 10.0 Å². The van der Waals surface area contributed by atoms with E-state index in [0.717, 1.165) is 6.07 Å². The molecular weight excluding hydrogens is 188 g/mol. The fraction of sp³-hybridized carbons (Fsp3) is 0.111. The quantitative estimate of drug-likeness (QED) is 0.403. The SMILES string of the molecule is [N-]=[N+]=NCC=Cc1cccc(F)c1F. The third-order valence-electron chi connectivity index (χ3n) is 1.53. The van der Waals surface area contributed by atoms with Gasteiger partial charge in [0, 0.05) is 17.0 Å². The average Bonchev–Trinajstić information content (AvgIpc) is 2.19. The number of rotatable bonds is 3. The van der Waals surface area contributed by atoms with E-state index in [9.17, 15) is 8.78 Å². The first kappa shape index (κ1) is 10.2. The van der Waals surface area contributed by atoms with E-state index in [0.29, 0.717) is 0 Å². The maximum absolute atomic E-state index is 13.0. The molecule has 3 nitrogen and oxygen atoms in total. The second-order valence-corrected chi connectivity index (χ2v) is 2.46. The van der Waals surface area contributed by atoms with Gasteiger partial charge in [0.2, 0.25) is 0 Å². The predicted octanol–water partition coefficient (Wildman–Crippen LogP) is 3.29. The Kier molecular flexibility index (Phi) is 3.64. The first-order chi connectivity index (χ1) is 6.75. The van der Waals surface area contributed by atoms with Gasteiger partial charge in [-0.3, -0.25) is 0 Å². The van der Waals surface area contributed by atoms with Gasteiger partial charge in [0.15, 0.2) is 11.6 Å². The highest BCUT2D eigenvalue weighted by Crippen LogP contribution is 2.12. The summed E-state index contributed by atoms with van der Waals surface area (Å²) in [6, 6.07) is 3.89. The molecule has 0 aliphatic rings. The third kappa shape index (κ3) is 2.57. The molecule has 0 N–H and O–H groups in total. The Morgan fingerprint density at radius 2 is 2.21 bits per heavy atom. The van der Waals surface area contributed by atoms with Crippen LogP contribution in [0.5, 0.6) is 0 Å². The maximum atomic E-state index is 13.0. The Labute approximate surface area is 79.3 Å². The van der Waals surface area contributed by atoms with Gasteiger partial charge >= 0.3 is 0 Å². The Bertz CT molecular complexity index is 395. The van der Waals surface area contributed by atoms with Gasteiger partial charge in [0.05, 0.1) is 0 Å². The van der Waals surface area contributed by atoms with Crippen LogP contribution in [0.2, 0.25) is 0 Å². The van der Waals surface area contributed by atoms with Crippen molar-refractivity contribution in [3.05, 3.63) is 51.9 Å². The Hall–Kier alpha value is -1.87. The highest BCUT2D eigenvalue weighted by atomic mass is 19.2. The number of benzene rings is 1. The molecule has 1 aromatic carbocycles. The minimum Gasteiger partial charge on any atom is -0.204 e. The van der Waals surface area contributed by atoms with E-state index in [4.69, 9.17) is 5.53 Å². The fourth-order valence-electron chi connectivity index (χ4n) is 0.913. The van der Waals surface area contributed by atoms with E-state index in [1.165, 1.54) is 24.3 Å². The molecule has 14 heavy (non-hydrogen) atoms. The molecule has 0 fully saturated rings. The van der Waals surface area contributed by atoms with Gasteiger partial charge in [-0.05, 0) is 11.6 Å². The summed E-state index contributed by atoms with van der Waals surface area (Å²) in [5.74, 6) is -1.79. The summed E-state index contributed by atoms with van der Waals surface area (Å²) in [4.78, 5) is 2.51. The van der Waals surface area contributed by atoms with Crippen molar-refractivity contribution in [1.82, 2.24) is 0 Å². The van der Waals surface area contributed by atoms with Crippen molar-refractivity contribution in [3.63, 3.8) is 0 Å². The van der Waals surface area contributed by atoms with E-state index < -0.39 is 11.6 Å². The summed E-state index contributed by atoms with van der Waals surface area (Å²) in [5, 5.41) is 3.22. The van der Waals surface area contributed by atoms with E-state index in [1.54, 1.807) is 0 Å². The molecule has 0 spiro atoms. The van der Waals surface area contributed by atoms with Crippen molar-refractivity contribution < 1.29 is 8.78 Å². The monoisotopic (exact) mass is 195 g/mol. The molecule has 0 radical (unpaired) electrons. The van der Waals surface area contributed by atoms with Crippen molar-refractivity contribution >= 4 is 6.08 Å². The highest BCUT2D eigenvalue weighted by Gasteiger charge is 2.03. The van der Waals surface area contributed by atoms with Gasteiger partial charge in [0.25, 0.3) is 0 Å². The maximum Gasteiger partial charge on any atom is 0.166 e. The van der Waals surface area contributed by atoms with Crippen LogP contribution in [0, 0.1) is 11.6 Å². The highest BCUT2D eigenvalue weighted by molar-refractivity contribution is 5.50. The summed E-state index contributed by atoms with van der Waals surface area (Å²) in [7, 11) is 0. The van der Waals surface area contributed by atoms with Crippen LogP contribution in [-0.2, 0) is 0 Å². The molecule has 0 aromatic heterocycles. The first-order valence-electron chi connectivity index (χ1n) is 3.87. The predicted molar refractivity (Wildman–Crippen MR) is 49.4 cm³/mol. The average molecular weight is 195 g/mol. The third-order valence-corrected chi connectivity index (χ3v) is 1.53. The van der Waals surface area contributed by atoms with Gasteiger partial charge in [-0.2, -0.15) is 0 Å². The van der Waals surface area contributed by atoms with Gasteiger partial charge in [0.1, 0.15) is 0 Å². The molecule has 0 atom stereocenters. The molecule has 0 heterocycles. The number of hydrogen-bond acceptors (Lipinski definition) is 1. The second-order valence-electron chi connectivity index (χ2n) is 2.46. The van der Waals surface area contributed by atoms with Crippen molar-refractivity contribution in [3.8, 4) is 0 Å². The molecule has 1 aromatic rings. The lowest BCUT2D eigenvalue weighted by atomic mass is 10.2. The van der Waals surface area contributed by atoms with Crippen LogP contribution < -0.4 is 0 Å². The van der Waals surface area contributed by atoms with Crippen LogP contribution in [0.3, 0.4) is 0 Å². The lowest BCUT2D eigenvalue weighted by Gasteiger charge is -1.96. The van der Waals surface area contributed by atoms with Gasteiger partial charge in [-0.15, -0.1) is 0 Å². The first-order valence-corrected chi connectivity index (χ1v) is 3.87. The van der Waals surface area contributed by atoms with Crippen LogP contribution in [0.25, 0.3) is 16.5 Å². The van der Waals surface area contributed by atoms with Crippen LogP contribution in [0.4, 0.5) is 8.78 Å². The summed E-state index contributed by atoms with van der Waals surface area (Å²) in [5.41, 5.74) is 8.09. The summed E-state index contributed by atoms with van der Waals surface area (Å²) in [6.45, 7) is 0.118. The molecule has 1 rings (SSSR count). The molecule has 0 aliphatic carbocycles. The zero-order valence-corrected chi connectivity index (χ0v) is 7.19. The molecule has 0 amide bonds. The smallest absolute Gasteiger partial charge is 0.166 e. The van der Waals surface area contributed by atoms with E-state index in [1.807, 2.05) is 0 Å². The number of halogens is 2. The largest absolute Gasteiger partial charge is 0.204 e. The minimum atomic E-state index is -0.898. The molecule has 72 valence electrons. The van der Waals surface area contributed by atoms with Crippen molar-refractivity contribution in [2.75, 3.05) is 6.54 Å². The minimum absolute atomic E-state index is 0.118. The zero-order chi connectivity index (χ0) is 10.4. The number of azide groups is 1. The topological polar surface area (TPSA) is 48.8 Å². The molecule has 0 bridgehead atoms. The van der Waals surface area contributed by atoms with Gasteiger partial charge < -0.3 is 0 Å². The Morgan fingerprint density at radius 1 is 1.43 bits per heavy atom. The van der Waals surface area contributed by atoms with Crippen molar-refractivity contribution in [2.45, 2.75) is 0 Å². The fourth-order valence-corrected chi connectivity index (χ4v) is 0.913. The summed E-state index contributed by atoms with van der Waals surface area (Å²) in [6.07, 6.45) is 2.82. The molecule has 0 aliphatic heterocycles. The zero-order valence-electron chi connectivity index (χ0n) is 7.19. The van der Waals surface area contributed by atoms with Crippen LogP contribution in [0.1, 0.15) is 5.56 Å². The standard InChI is InChI=1S/C9H7F2N3/c10-8-5-1-3-7(9(8)11)4-2-6-13-14-12/h1-5H,6H2. The van der Waals surface area contributed by atoms with Gasteiger partial charge in [-0.25, -0.2) is 8.78 Å². The van der Waals surface area contributed by atoms with Crippen LogP contribution in [-0.4, -0.2) is 6.54 Å². The normalized spacial score (nSPS) is 10.1. The lowest BCUT2D eigenvalue weighted by molar-refractivity contribution is 0.507. The van der Waals surface area contributed by atoms with Crippen LogP contribution in [0.15, 0.2) is 29.4 Å². The van der Waals surface area contributed by atoms with Crippen molar-refractivity contribution in [1.29, 1.82) is 0 Å². The second kappa shape index (κ2) is 4.99. The van der Waals surface area contributed by atoms with E-state index in [-0.39, 0.29) is 12.1 Å². The molecule has 0 saturated heterocycles. The van der Waals surface area contributed by atoms with Crippen LogP contribution >= 0.6 is 0 Å². The number of hydrogen-bond donors (Lipinski definition) is 0. The van der Waals surface area contributed by atoms with Gasteiger partial charge in [-0.1, -0.05) is 29.4 Å². The summed E-state index contributed by atoms with van der Waals surface area (Å²) >= 11 is 0. The lowest BCUT2D eigenvalue weighted by Crippen LogP contribution is -1.87. The number of nitrogens with zero attached hydrogens (tertiary/aromatic N) is 3. The molecular formula is C9H7F2N3. The Balaban J connectivity index is 2.81.